The highest BCUT2D eigenvalue weighted by atomic mass is 16.2. The molecule has 1 rings (SSSR count). The minimum Gasteiger partial charge on any atom is -0.337 e. The van der Waals surface area contributed by atoms with E-state index in [2.05, 4.69) is 10.6 Å². The molecule has 0 fully saturated rings. The van der Waals surface area contributed by atoms with Gasteiger partial charge in [-0.05, 0) is 11.6 Å². The van der Waals surface area contributed by atoms with E-state index in [1.165, 1.54) is 0 Å². The van der Waals surface area contributed by atoms with Crippen molar-refractivity contribution in [2.75, 3.05) is 6.54 Å². The van der Waals surface area contributed by atoms with E-state index in [0.29, 0.717) is 13.0 Å². The van der Waals surface area contributed by atoms with Crippen LogP contribution in [0.1, 0.15) is 12.0 Å². The normalized spacial score (nSPS) is 9.69. The first-order valence-electron chi connectivity index (χ1n) is 4.96. The quantitative estimate of drug-likeness (QED) is 0.753. The summed E-state index contributed by atoms with van der Waals surface area (Å²) in [5.41, 5.74) is 1.01. The fraction of sp³-hybridized carbons (Fsp3) is 0.167. The van der Waals surface area contributed by atoms with Crippen LogP contribution < -0.4 is 10.6 Å². The molecule has 0 spiro atoms. The molecule has 2 N–H and O–H groups in total. The molecule has 0 atom stereocenters. The molecule has 0 unspecified atom stereocenters. The predicted octanol–water partition coefficient (Wildman–Crippen LogP) is 1.87. The van der Waals surface area contributed by atoms with Crippen LogP contribution in [0, 0.1) is 11.3 Å². The van der Waals surface area contributed by atoms with Crippen molar-refractivity contribution in [3.8, 4) is 6.07 Å². The highest BCUT2D eigenvalue weighted by Gasteiger charge is 1.93. The van der Waals surface area contributed by atoms with Crippen molar-refractivity contribution < 1.29 is 4.79 Å². The molecule has 0 aromatic heterocycles. The maximum atomic E-state index is 11.1. The lowest BCUT2D eigenvalue weighted by Crippen LogP contribution is -2.32. The van der Waals surface area contributed by atoms with Crippen molar-refractivity contribution in [3.05, 3.63) is 42.1 Å². The molecule has 0 saturated heterocycles. The lowest BCUT2D eigenvalue weighted by molar-refractivity contribution is 0.244. The van der Waals surface area contributed by atoms with Crippen LogP contribution >= 0.6 is 0 Å². The predicted molar refractivity (Wildman–Crippen MR) is 62.2 cm³/mol. The van der Waals surface area contributed by atoms with E-state index in [9.17, 15) is 4.79 Å². The Morgan fingerprint density at radius 1 is 1.38 bits per heavy atom. The first-order valence-corrected chi connectivity index (χ1v) is 4.96. The largest absolute Gasteiger partial charge is 0.337 e. The van der Waals surface area contributed by atoms with Crippen LogP contribution in [0.2, 0.25) is 0 Å². The van der Waals surface area contributed by atoms with Gasteiger partial charge >= 0.3 is 6.03 Å². The van der Waals surface area contributed by atoms with Crippen LogP contribution in [0.15, 0.2) is 36.5 Å². The Morgan fingerprint density at radius 3 is 2.81 bits per heavy atom. The molecule has 1 aromatic rings. The Hall–Kier alpha value is -2.28. The SMILES string of the molecule is N#CCCNC(=O)N/C=C/c1ccccc1. The molecular weight excluding hydrogens is 202 g/mol. The van der Waals surface area contributed by atoms with Crippen molar-refractivity contribution >= 4 is 12.1 Å². The summed E-state index contributed by atoms with van der Waals surface area (Å²) in [6, 6.07) is 11.3. The second-order valence-electron chi connectivity index (χ2n) is 3.05. The van der Waals surface area contributed by atoms with Crippen LogP contribution in [0.3, 0.4) is 0 Å². The van der Waals surface area contributed by atoms with Gasteiger partial charge < -0.3 is 10.6 Å². The van der Waals surface area contributed by atoms with E-state index >= 15 is 0 Å². The van der Waals surface area contributed by atoms with Gasteiger partial charge in [0.2, 0.25) is 0 Å². The molecule has 4 nitrogen and oxygen atoms in total. The zero-order valence-electron chi connectivity index (χ0n) is 8.81. The number of benzene rings is 1. The summed E-state index contributed by atoms with van der Waals surface area (Å²) < 4.78 is 0. The lowest BCUT2D eigenvalue weighted by Gasteiger charge is -2.00. The van der Waals surface area contributed by atoms with Gasteiger partial charge in [-0.15, -0.1) is 0 Å². The van der Waals surface area contributed by atoms with Gasteiger partial charge in [0, 0.05) is 12.7 Å². The number of rotatable bonds is 4. The third kappa shape index (κ3) is 4.82. The van der Waals surface area contributed by atoms with Gasteiger partial charge in [-0.3, -0.25) is 0 Å². The van der Waals surface area contributed by atoms with E-state index in [-0.39, 0.29) is 6.03 Å². The first-order chi connectivity index (χ1) is 7.83. The van der Waals surface area contributed by atoms with Crippen LogP contribution in [-0.4, -0.2) is 12.6 Å². The summed E-state index contributed by atoms with van der Waals surface area (Å²) in [4.78, 5) is 11.1. The molecule has 0 radical (unpaired) electrons. The fourth-order valence-electron chi connectivity index (χ4n) is 1.06. The number of nitrogens with zero attached hydrogens (tertiary/aromatic N) is 1. The summed E-state index contributed by atoms with van der Waals surface area (Å²) in [7, 11) is 0. The third-order valence-electron chi connectivity index (χ3n) is 1.81. The number of carbonyl (C=O) groups excluding carboxylic acids is 1. The maximum absolute atomic E-state index is 11.1. The molecule has 4 heteroatoms. The highest BCUT2D eigenvalue weighted by molar-refractivity contribution is 5.75. The minimum atomic E-state index is -0.303. The van der Waals surface area contributed by atoms with Gasteiger partial charge in [0.1, 0.15) is 0 Å². The van der Waals surface area contributed by atoms with E-state index in [0.717, 1.165) is 5.56 Å². The van der Waals surface area contributed by atoms with Crippen molar-refractivity contribution in [3.63, 3.8) is 0 Å². The van der Waals surface area contributed by atoms with E-state index < -0.39 is 0 Å². The Bertz CT molecular complexity index is 392. The number of urea groups is 1. The molecule has 0 bridgehead atoms. The third-order valence-corrected chi connectivity index (χ3v) is 1.81. The van der Waals surface area contributed by atoms with Crippen LogP contribution in [-0.2, 0) is 0 Å². The molecule has 1 aromatic carbocycles. The summed E-state index contributed by atoms with van der Waals surface area (Å²) in [6.07, 6.45) is 3.68. The molecule has 0 aliphatic heterocycles. The second kappa shape index (κ2) is 7.07. The number of hydrogen-bond donors (Lipinski definition) is 2. The van der Waals surface area contributed by atoms with Gasteiger partial charge in [-0.2, -0.15) is 5.26 Å². The monoisotopic (exact) mass is 215 g/mol. The average Bonchev–Trinajstić information content (AvgIpc) is 2.31. The summed E-state index contributed by atoms with van der Waals surface area (Å²) in [5, 5.41) is 13.4. The minimum absolute atomic E-state index is 0.303. The van der Waals surface area contributed by atoms with Crippen molar-refractivity contribution in [2.24, 2.45) is 0 Å². The average molecular weight is 215 g/mol. The number of hydrogen-bond acceptors (Lipinski definition) is 2. The Morgan fingerprint density at radius 2 is 2.12 bits per heavy atom. The van der Waals surface area contributed by atoms with Gasteiger partial charge in [-0.1, -0.05) is 30.3 Å². The number of carbonyl (C=O) groups is 1. The molecule has 0 aliphatic rings. The summed E-state index contributed by atoms with van der Waals surface area (Å²) in [5.74, 6) is 0. The van der Waals surface area contributed by atoms with E-state index in [1.807, 2.05) is 36.4 Å². The molecule has 0 heterocycles. The van der Waals surface area contributed by atoms with Crippen LogP contribution in [0.25, 0.3) is 6.08 Å². The molecule has 0 aliphatic carbocycles. The van der Waals surface area contributed by atoms with Crippen molar-refractivity contribution in [1.82, 2.24) is 10.6 Å². The van der Waals surface area contributed by atoms with E-state index in [4.69, 9.17) is 5.26 Å². The smallest absolute Gasteiger partial charge is 0.318 e. The Balaban J connectivity index is 2.27. The van der Waals surface area contributed by atoms with E-state index in [1.54, 1.807) is 12.3 Å². The zero-order chi connectivity index (χ0) is 11.6. The lowest BCUT2D eigenvalue weighted by atomic mass is 10.2. The highest BCUT2D eigenvalue weighted by Crippen LogP contribution is 1.99. The van der Waals surface area contributed by atoms with Crippen molar-refractivity contribution in [2.45, 2.75) is 6.42 Å². The molecule has 0 saturated carbocycles. The fourth-order valence-corrected chi connectivity index (χ4v) is 1.06. The maximum Gasteiger partial charge on any atom is 0.318 e. The van der Waals surface area contributed by atoms with Gasteiger partial charge in [0.05, 0.1) is 12.5 Å². The first kappa shape index (κ1) is 11.8. The van der Waals surface area contributed by atoms with Gasteiger partial charge in [-0.25, -0.2) is 4.79 Å². The van der Waals surface area contributed by atoms with Gasteiger partial charge in [0.25, 0.3) is 0 Å². The van der Waals surface area contributed by atoms with Crippen LogP contribution in [0.4, 0.5) is 4.79 Å². The molecular formula is C12H13N3O. The molecule has 2 amide bonds. The Labute approximate surface area is 94.6 Å². The van der Waals surface area contributed by atoms with Gasteiger partial charge in [0.15, 0.2) is 0 Å². The zero-order valence-corrected chi connectivity index (χ0v) is 8.81. The Kier molecular flexibility index (Phi) is 5.21. The second-order valence-corrected chi connectivity index (χ2v) is 3.05. The number of amides is 2. The summed E-state index contributed by atoms with van der Waals surface area (Å²) >= 11 is 0. The van der Waals surface area contributed by atoms with Crippen molar-refractivity contribution in [1.29, 1.82) is 5.26 Å². The molecule has 82 valence electrons. The number of nitriles is 1. The molecule has 16 heavy (non-hydrogen) atoms. The summed E-state index contributed by atoms with van der Waals surface area (Å²) in [6.45, 7) is 0.363. The standard InChI is InChI=1S/C12H13N3O/c13-8-4-9-14-12(16)15-10-7-11-5-2-1-3-6-11/h1-3,5-7,10H,4,9H2,(H2,14,15,16)/b10-7+. The topological polar surface area (TPSA) is 64.9 Å². The van der Waals surface area contributed by atoms with Crippen LogP contribution in [0.5, 0.6) is 0 Å². The number of nitrogens with one attached hydrogen (secondary N) is 2.